The maximum atomic E-state index is 12.5. The molecule has 0 fully saturated rings. The topological polar surface area (TPSA) is 68.0 Å². The number of aromatic nitrogens is 3. The van der Waals surface area contributed by atoms with Crippen LogP contribution in [-0.4, -0.2) is 37.3 Å². The average Bonchev–Trinajstić information content (AvgIpc) is 2.48. The predicted octanol–water partition coefficient (Wildman–Crippen LogP) is 1.31. The quantitative estimate of drug-likeness (QED) is 0.821. The zero-order chi connectivity index (χ0) is 12.3. The molecule has 0 aliphatic rings. The summed E-state index contributed by atoms with van der Waals surface area (Å²) in [6.45, 7) is 0. The van der Waals surface area contributed by atoms with Gasteiger partial charge in [-0.1, -0.05) is 11.8 Å². The van der Waals surface area contributed by atoms with Gasteiger partial charge in [0.2, 0.25) is 0 Å². The third kappa shape index (κ3) is 3.40. The van der Waals surface area contributed by atoms with Gasteiger partial charge in [-0.05, 0) is 0 Å². The van der Waals surface area contributed by atoms with Crippen molar-refractivity contribution in [3.63, 3.8) is 0 Å². The summed E-state index contributed by atoms with van der Waals surface area (Å²) in [7, 11) is 1.48. The predicted molar refractivity (Wildman–Crippen MR) is 49.0 cm³/mol. The van der Waals surface area contributed by atoms with Gasteiger partial charge in [0.1, 0.15) is 11.6 Å². The number of nitrogens with zero attached hydrogens (tertiary/aromatic N) is 3. The highest BCUT2D eigenvalue weighted by molar-refractivity contribution is 7.99. The van der Waals surface area contributed by atoms with Gasteiger partial charge in [0.15, 0.2) is 5.16 Å². The van der Waals surface area contributed by atoms with Crippen molar-refractivity contribution in [1.29, 1.82) is 0 Å². The smallest absolute Gasteiger partial charge is 0.401 e. The molecule has 0 radical (unpaired) electrons. The van der Waals surface area contributed by atoms with Crippen LogP contribution in [0.15, 0.2) is 11.5 Å². The lowest BCUT2D eigenvalue weighted by Crippen LogP contribution is -2.28. The number of halogens is 3. The highest BCUT2D eigenvalue weighted by Gasteiger charge is 2.42. The number of carboxylic acid groups (broad SMARTS) is 1. The van der Waals surface area contributed by atoms with E-state index in [0.29, 0.717) is 11.8 Å². The Morgan fingerprint density at radius 3 is 2.69 bits per heavy atom. The third-order valence-corrected chi connectivity index (χ3v) is 2.94. The fraction of sp³-hybridized carbons (Fsp3) is 0.571. The van der Waals surface area contributed by atoms with Crippen molar-refractivity contribution in [2.75, 3.05) is 0 Å². The van der Waals surface area contributed by atoms with E-state index in [1.54, 1.807) is 0 Å². The van der Waals surface area contributed by atoms with E-state index in [0.717, 1.165) is 0 Å². The Morgan fingerprint density at radius 2 is 2.31 bits per heavy atom. The van der Waals surface area contributed by atoms with Gasteiger partial charge in [0.25, 0.3) is 0 Å². The molecule has 1 unspecified atom stereocenters. The second-order valence-corrected chi connectivity index (χ2v) is 4.14. The number of hydrogen-bond acceptors (Lipinski definition) is 4. The molecule has 0 amide bonds. The van der Waals surface area contributed by atoms with Crippen LogP contribution in [0.3, 0.4) is 0 Å². The van der Waals surface area contributed by atoms with Gasteiger partial charge in [-0.2, -0.15) is 13.2 Å². The van der Waals surface area contributed by atoms with Crippen LogP contribution >= 0.6 is 11.8 Å². The van der Waals surface area contributed by atoms with Crippen molar-refractivity contribution >= 4 is 17.7 Å². The molecule has 0 saturated heterocycles. The van der Waals surface area contributed by atoms with Gasteiger partial charge in [-0.25, -0.2) is 0 Å². The van der Waals surface area contributed by atoms with Crippen LogP contribution in [0.25, 0.3) is 0 Å². The molecule has 1 N–H and O–H groups in total. The Balaban J connectivity index is 2.79. The van der Waals surface area contributed by atoms with E-state index in [9.17, 15) is 18.0 Å². The van der Waals surface area contributed by atoms with Crippen LogP contribution in [0.4, 0.5) is 13.2 Å². The van der Waals surface area contributed by atoms with Crippen LogP contribution in [-0.2, 0) is 11.8 Å². The number of rotatable bonds is 4. The first kappa shape index (κ1) is 12.8. The zero-order valence-corrected chi connectivity index (χ0v) is 8.92. The van der Waals surface area contributed by atoms with Crippen molar-refractivity contribution in [3.8, 4) is 0 Å². The molecular weight excluding hydrogens is 247 g/mol. The van der Waals surface area contributed by atoms with E-state index in [4.69, 9.17) is 5.11 Å². The number of aryl methyl sites for hydroxylation is 1. The van der Waals surface area contributed by atoms with Gasteiger partial charge in [-0.15, -0.1) is 10.2 Å². The SMILES string of the molecule is Cn1cnnc1SC(CC(=O)O)C(F)(F)F. The molecule has 16 heavy (non-hydrogen) atoms. The summed E-state index contributed by atoms with van der Waals surface area (Å²) in [6.07, 6.45) is -4.34. The molecule has 0 spiro atoms. The summed E-state index contributed by atoms with van der Waals surface area (Å²) in [6, 6.07) is 0. The molecule has 90 valence electrons. The Morgan fingerprint density at radius 1 is 1.69 bits per heavy atom. The van der Waals surface area contributed by atoms with Gasteiger partial charge >= 0.3 is 12.1 Å². The summed E-state index contributed by atoms with van der Waals surface area (Å²) < 4.78 is 38.7. The number of thioether (sulfide) groups is 1. The number of carboxylic acids is 1. The van der Waals surface area contributed by atoms with Crippen molar-refractivity contribution in [2.24, 2.45) is 7.05 Å². The van der Waals surface area contributed by atoms with E-state index >= 15 is 0 Å². The van der Waals surface area contributed by atoms with E-state index in [1.165, 1.54) is 17.9 Å². The molecule has 1 aromatic rings. The third-order valence-electron chi connectivity index (χ3n) is 1.64. The molecule has 5 nitrogen and oxygen atoms in total. The fourth-order valence-electron chi connectivity index (χ4n) is 0.889. The lowest BCUT2D eigenvalue weighted by Gasteiger charge is -2.16. The zero-order valence-electron chi connectivity index (χ0n) is 8.10. The minimum Gasteiger partial charge on any atom is -0.481 e. The van der Waals surface area contributed by atoms with E-state index in [-0.39, 0.29) is 5.16 Å². The maximum Gasteiger partial charge on any atom is 0.401 e. The first-order valence-electron chi connectivity index (χ1n) is 4.10. The molecule has 0 bridgehead atoms. The summed E-state index contributed by atoms with van der Waals surface area (Å²) in [4.78, 5) is 10.3. The van der Waals surface area contributed by atoms with Crippen molar-refractivity contribution < 1.29 is 23.1 Å². The standard InChI is InChI=1S/C7H8F3N3O2S/c1-13-3-11-12-6(13)16-4(2-5(14)15)7(8,9)10/h3-4H,2H2,1H3,(H,14,15). The molecule has 0 aliphatic heterocycles. The number of hydrogen-bond donors (Lipinski definition) is 1. The minimum atomic E-state index is -4.59. The molecule has 0 aliphatic carbocycles. The van der Waals surface area contributed by atoms with Gasteiger partial charge in [-0.3, -0.25) is 4.79 Å². The lowest BCUT2D eigenvalue weighted by atomic mass is 10.3. The van der Waals surface area contributed by atoms with Crippen molar-refractivity contribution in [1.82, 2.24) is 14.8 Å². The van der Waals surface area contributed by atoms with Gasteiger partial charge in [0.05, 0.1) is 6.42 Å². The number of carbonyl (C=O) groups is 1. The number of aliphatic carboxylic acids is 1. The average molecular weight is 255 g/mol. The first-order valence-corrected chi connectivity index (χ1v) is 4.98. The molecule has 0 aromatic carbocycles. The molecule has 9 heteroatoms. The highest BCUT2D eigenvalue weighted by Crippen LogP contribution is 2.36. The second-order valence-electron chi connectivity index (χ2n) is 2.97. The van der Waals surface area contributed by atoms with E-state index in [2.05, 4.69) is 10.2 Å². The molecule has 0 saturated carbocycles. The lowest BCUT2D eigenvalue weighted by molar-refractivity contribution is -0.149. The summed E-state index contributed by atoms with van der Waals surface area (Å²) in [5.41, 5.74) is 0. The summed E-state index contributed by atoms with van der Waals surface area (Å²) in [5.74, 6) is -1.50. The van der Waals surface area contributed by atoms with E-state index < -0.39 is 23.8 Å². The molecular formula is C7H8F3N3O2S. The molecule has 1 rings (SSSR count). The van der Waals surface area contributed by atoms with Gasteiger partial charge in [0, 0.05) is 7.05 Å². The normalized spacial score (nSPS) is 13.8. The van der Waals surface area contributed by atoms with Crippen molar-refractivity contribution in [2.45, 2.75) is 23.0 Å². The van der Waals surface area contributed by atoms with Crippen LogP contribution in [0, 0.1) is 0 Å². The van der Waals surface area contributed by atoms with Crippen LogP contribution < -0.4 is 0 Å². The Labute approximate surface area is 92.7 Å². The summed E-state index contributed by atoms with van der Waals surface area (Å²) >= 11 is 0.341. The Hall–Kier alpha value is -1.25. The first-order chi connectivity index (χ1) is 7.30. The largest absolute Gasteiger partial charge is 0.481 e. The Bertz CT molecular complexity index is 379. The number of alkyl halides is 3. The Kier molecular flexibility index (Phi) is 3.79. The van der Waals surface area contributed by atoms with Crippen LogP contribution in [0.1, 0.15) is 6.42 Å². The second kappa shape index (κ2) is 4.73. The van der Waals surface area contributed by atoms with Crippen LogP contribution in [0.2, 0.25) is 0 Å². The summed E-state index contributed by atoms with van der Waals surface area (Å²) in [5, 5.41) is 13.3. The molecule has 1 atom stereocenters. The maximum absolute atomic E-state index is 12.5. The van der Waals surface area contributed by atoms with E-state index in [1.807, 2.05) is 0 Å². The molecule has 1 heterocycles. The fourth-order valence-corrected chi connectivity index (χ4v) is 1.81. The van der Waals surface area contributed by atoms with Gasteiger partial charge < -0.3 is 9.67 Å². The highest BCUT2D eigenvalue weighted by atomic mass is 32.2. The molecule has 1 aromatic heterocycles. The minimum absolute atomic E-state index is 0.0311. The monoisotopic (exact) mass is 255 g/mol. The van der Waals surface area contributed by atoms with Crippen LogP contribution in [0.5, 0.6) is 0 Å². The van der Waals surface area contributed by atoms with Crippen molar-refractivity contribution in [3.05, 3.63) is 6.33 Å².